The topological polar surface area (TPSA) is 142 Å². The van der Waals surface area contributed by atoms with E-state index in [-0.39, 0.29) is 34.4 Å². The summed E-state index contributed by atoms with van der Waals surface area (Å²) in [6.45, 7) is 0. The number of nitrogens with two attached hydrogens (primary N) is 1. The molecule has 0 aliphatic carbocycles. The number of alkyl halides is 3. The predicted octanol–water partition coefficient (Wildman–Crippen LogP) is 5.69. The standard InChI is InChI=1S/C20H15ClF3N5O5/c1-33-16-9-11(34-15-6-7-26-18(25)17(15)29(31)32)3-5-14(16)28-19(30)27-10-2-4-13(21)12(8-10)20(22,23)24/h2-9H,1H3,(H2,25,26)(H2,27,28,30). The van der Waals surface area contributed by atoms with Gasteiger partial charge >= 0.3 is 17.9 Å². The lowest BCUT2D eigenvalue weighted by Gasteiger charge is -2.14. The second-order valence-electron chi connectivity index (χ2n) is 6.54. The summed E-state index contributed by atoms with van der Waals surface area (Å²) in [7, 11) is 1.30. The number of hydrogen-bond donors (Lipinski definition) is 3. The number of carbonyl (C=O) groups excluding carboxylic acids is 1. The highest BCUT2D eigenvalue weighted by molar-refractivity contribution is 6.31. The molecule has 0 saturated heterocycles. The number of methoxy groups -OCH3 is 1. The Labute approximate surface area is 194 Å². The van der Waals surface area contributed by atoms with Crippen LogP contribution in [-0.4, -0.2) is 23.0 Å². The Morgan fingerprint density at radius 3 is 2.53 bits per heavy atom. The second kappa shape index (κ2) is 9.70. The highest BCUT2D eigenvalue weighted by atomic mass is 35.5. The van der Waals surface area contributed by atoms with Crippen LogP contribution in [0, 0.1) is 10.1 Å². The molecule has 2 amide bonds. The molecule has 0 saturated carbocycles. The van der Waals surface area contributed by atoms with Crippen molar-refractivity contribution in [2.75, 3.05) is 23.5 Å². The van der Waals surface area contributed by atoms with E-state index < -0.39 is 33.4 Å². The van der Waals surface area contributed by atoms with E-state index in [2.05, 4.69) is 15.6 Å². The SMILES string of the molecule is COc1cc(Oc2ccnc(N)c2[N+](=O)[O-])ccc1NC(=O)Nc1ccc(Cl)c(C(F)(F)F)c1. The molecule has 0 atom stereocenters. The van der Waals surface area contributed by atoms with E-state index in [0.717, 1.165) is 6.07 Å². The first-order chi connectivity index (χ1) is 16.0. The van der Waals surface area contributed by atoms with Gasteiger partial charge in [0.05, 0.1) is 28.3 Å². The molecule has 4 N–H and O–H groups in total. The van der Waals surface area contributed by atoms with E-state index in [1.165, 1.54) is 43.6 Å². The van der Waals surface area contributed by atoms with Crippen LogP contribution < -0.4 is 25.8 Å². The van der Waals surface area contributed by atoms with Crippen molar-refractivity contribution in [2.24, 2.45) is 0 Å². The number of pyridine rings is 1. The Hall–Kier alpha value is -4.26. The van der Waals surface area contributed by atoms with Gasteiger partial charge in [-0.3, -0.25) is 10.1 Å². The van der Waals surface area contributed by atoms with Gasteiger partial charge in [-0.2, -0.15) is 13.2 Å². The van der Waals surface area contributed by atoms with Crippen molar-refractivity contribution >= 4 is 40.5 Å². The number of nitrogen functional groups attached to an aromatic ring is 1. The third kappa shape index (κ3) is 5.56. The zero-order valence-electron chi connectivity index (χ0n) is 17.1. The van der Waals surface area contributed by atoms with Crippen molar-refractivity contribution in [2.45, 2.75) is 6.18 Å². The van der Waals surface area contributed by atoms with Gasteiger partial charge in [-0.05, 0) is 30.3 Å². The zero-order chi connectivity index (χ0) is 25.0. The maximum Gasteiger partial charge on any atom is 0.417 e. The first kappa shape index (κ1) is 24.4. The summed E-state index contributed by atoms with van der Waals surface area (Å²) >= 11 is 5.57. The van der Waals surface area contributed by atoms with Gasteiger partial charge in [-0.25, -0.2) is 9.78 Å². The van der Waals surface area contributed by atoms with Crippen LogP contribution in [-0.2, 0) is 6.18 Å². The average Bonchev–Trinajstić information content (AvgIpc) is 2.75. The first-order valence-corrected chi connectivity index (χ1v) is 9.57. The fourth-order valence-electron chi connectivity index (χ4n) is 2.79. The van der Waals surface area contributed by atoms with Gasteiger partial charge in [0.1, 0.15) is 11.5 Å². The van der Waals surface area contributed by atoms with Gasteiger partial charge in [0.2, 0.25) is 11.6 Å². The molecule has 1 aromatic heterocycles. The summed E-state index contributed by atoms with van der Waals surface area (Å²) in [4.78, 5) is 26.5. The molecule has 178 valence electrons. The molecule has 0 aliphatic rings. The lowest BCUT2D eigenvalue weighted by atomic mass is 10.2. The lowest BCUT2D eigenvalue weighted by molar-refractivity contribution is -0.384. The second-order valence-corrected chi connectivity index (χ2v) is 6.94. The fourth-order valence-corrected chi connectivity index (χ4v) is 3.01. The molecule has 0 fully saturated rings. The molecule has 0 aliphatic heterocycles. The van der Waals surface area contributed by atoms with Crippen molar-refractivity contribution in [1.29, 1.82) is 0 Å². The minimum absolute atomic E-state index is 0.101. The molecule has 0 spiro atoms. The number of benzene rings is 2. The molecule has 3 aromatic rings. The number of halogens is 4. The van der Waals surface area contributed by atoms with Gasteiger partial charge in [0.25, 0.3) is 0 Å². The van der Waals surface area contributed by atoms with Crippen molar-refractivity contribution in [3.05, 3.63) is 69.4 Å². The number of amides is 2. The quantitative estimate of drug-likeness (QED) is 0.293. The van der Waals surface area contributed by atoms with E-state index in [1.54, 1.807) is 0 Å². The van der Waals surface area contributed by atoms with E-state index in [4.69, 9.17) is 26.8 Å². The van der Waals surface area contributed by atoms with Gasteiger partial charge < -0.3 is 25.8 Å². The van der Waals surface area contributed by atoms with Crippen LogP contribution in [0.5, 0.6) is 17.2 Å². The fraction of sp³-hybridized carbons (Fsp3) is 0.100. The van der Waals surface area contributed by atoms with Gasteiger partial charge in [-0.1, -0.05) is 11.6 Å². The van der Waals surface area contributed by atoms with E-state index in [9.17, 15) is 28.1 Å². The van der Waals surface area contributed by atoms with Gasteiger partial charge in [0, 0.05) is 24.0 Å². The van der Waals surface area contributed by atoms with Crippen LogP contribution in [0.1, 0.15) is 5.56 Å². The smallest absolute Gasteiger partial charge is 0.417 e. The molecule has 2 aromatic carbocycles. The van der Waals surface area contributed by atoms with Crippen LogP contribution in [0.25, 0.3) is 0 Å². The number of aromatic nitrogens is 1. The molecule has 0 radical (unpaired) electrons. The first-order valence-electron chi connectivity index (χ1n) is 9.19. The third-order valence-electron chi connectivity index (χ3n) is 4.28. The summed E-state index contributed by atoms with van der Waals surface area (Å²) in [6, 6.07) is 7.39. The summed E-state index contributed by atoms with van der Waals surface area (Å²) in [5.74, 6) is -0.282. The van der Waals surface area contributed by atoms with Crippen molar-refractivity contribution in [3.63, 3.8) is 0 Å². The molecule has 10 nitrogen and oxygen atoms in total. The Bertz CT molecular complexity index is 1260. The number of anilines is 3. The Morgan fingerprint density at radius 2 is 1.88 bits per heavy atom. The summed E-state index contributed by atoms with van der Waals surface area (Å²) in [6.07, 6.45) is -3.46. The maximum atomic E-state index is 13.0. The Morgan fingerprint density at radius 1 is 1.15 bits per heavy atom. The van der Waals surface area contributed by atoms with E-state index in [0.29, 0.717) is 6.07 Å². The summed E-state index contributed by atoms with van der Waals surface area (Å²) < 4.78 is 49.7. The average molecular weight is 498 g/mol. The number of nitrogens with zero attached hydrogens (tertiary/aromatic N) is 2. The molecule has 14 heteroatoms. The number of nitrogens with one attached hydrogen (secondary N) is 2. The largest absolute Gasteiger partial charge is 0.494 e. The molecule has 1 heterocycles. The molecule has 0 unspecified atom stereocenters. The maximum absolute atomic E-state index is 13.0. The molecule has 3 rings (SSSR count). The van der Waals surface area contributed by atoms with Crippen LogP contribution >= 0.6 is 11.6 Å². The highest BCUT2D eigenvalue weighted by Crippen LogP contribution is 2.38. The molecular formula is C20H15ClF3N5O5. The lowest BCUT2D eigenvalue weighted by Crippen LogP contribution is -2.20. The normalized spacial score (nSPS) is 11.0. The number of carbonyl (C=O) groups is 1. The van der Waals surface area contributed by atoms with Crippen LogP contribution in [0.3, 0.4) is 0 Å². The monoisotopic (exact) mass is 497 g/mol. The van der Waals surface area contributed by atoms with E-state index in [1.807, 2.05) is 0 Å². The number of ether oxygens (including phenoxy) is 2. The van der Waals surface area contributed by atoms with Crippen LogP contribution in [0.4, 0.5) is 40.8 Å². The van der Waals surface area contributed by atoms with Crippen LogP contribution in [0.2, 0.25) is 5.02 Å². The minimum Gasteiger partial charge on any atom is -0.494 e. The highest BCUT2D eigenvalue weighted by Gasteiger charge is 2.33. The van der Waals surface area contributed by atoms with E-state index >= 15 is 0 Å². The Balaban J connectivity index is 1.78. The number of rotatable bonds is 6. The number of hydrogen-bond acceptors (Lipinski definition) is 7. The molecular weight excluding hydrogens is 483 g/mol. The van der Waals surface area contributed by atoms with Crippen molar-refractivity contribution < 1.29 is 32.4 Å². The summed E-state index contributed by atoms with van der Waals surface area (Å²) in [5, 5.41) is 15.4. The predicted molar refractivity (Wildman–Crippen MR) is 117 cm³/mol. The number of urea groups is 1. The van der Waals surface area contributed by atoms with Crippen molar-refractivity contribution in [3.8, 4) is 17.2 Å². The summed E-state index contributed by atoms with van der Waals surface area (Å²) in [5.41, 5.74) is 3.91. The minimum atomic E-state index is -4.70. The van der Waals surface area contributed by atoms with Crippen LogP contribution in [0.15, 0.2) is 48.7 Å². The van der Waals surface area contributed by atoms with Crippen molar-refractivity contribution in [1.82, 2.24) is 4.98 Å². The van der Waals surface area contributed by atoms with Gasteiger partial charge in [0.15, 0.2) is 0 Å². The third-order valence-corrected chi connectivity index (χ3v) is 4.61. The van der Waals surface area contributed by atoms with Gasteiger partial charge in [-0.15, -0.1) is 0 Å². The molecule has 34 heavy (non-hydrogen) atoms. The zero-order valence-corrected chi connectivity index (χ0v) is 17.9. The number of nitro groups is 1. The molecule has 0 bridgehead atoms. The Kier molecular flexibility index (Phi) is 6.96.